The van der Waals surface area contributed by atoms with Crippen molar-refractivity contribution in [3.63, 3.8) is 0 Å². The van der Waals surface area contributed by atoms with Gasteiger partial charge in [0.05, 0.1) is 5.60 Å². The molecule has 3 N–H and O–H groups in total. The van der Waals surface area contributed by atoms with E-state index in [1.165, 1.54) is 0 Å². The lowest BCUT2D eigenvalue weighted by Gasteiger charge is -2.23. The van der Waals surface area contributed by atoms with E-state index in [1.54, 1.807) is 4.90 Å². The highest BCUT2D eigenvalue weighted by Crippen LogP contribution is 2.09. The van der Waals surface area contributed by atoms with Gasteiger partial charge in [0, 0.05) is 32.7 Å². The average Bonchev–Trinajstić information content (AvgIpc) is 2.59. The van der Waals surface area contributed by atoms with Crippen molar-refractivity contribution < 1.29 is 9.90 Å². The van der Waals surface area contributed by atoms with Gasteiger partial charge in [-0.3, -0.25) is 0 Å². The molecule has 0 radical (unpaired) electrons. The quantitative estimate of drug-likeness (QED) is 0.545. The van der Waals surface area contributed by atoms with Crippen LogP contribution in [-0.4, -0.2) is 54.4 Å². The number of carbonyl (C=O) groups is 1. The molecule has 0 saturated carbocycles. The summed E-state index contributed by atoms with van der Waals surface area (Å²) in [6.45, 7) is 7.44. The van der Waals surface area contributed by atoms with E-state index >= 15 is 0 Å². The molecule has 0 spiro atoms. The van der Waals surface area contributed by atoms with Crippen LogP contribution in [0.1, 0.15) is 26.7 Å². The summed E-state index contributed by atoms with van der Waals surface area (Å²) < 4.78 is 0. The predicted molar refractivity (Wildman–Crippen MR) is 63.4 cm³/mol. The third-order valence-electron chi connectivity index (χ3n) is 2.80. The van der Waals surface area contributed by atoms with E-state index in [4.69, 9.17) is 0 Å². The van der Waals surface area contributed by atoms with E-state index in [1.807, 2.05) is 6.92 Å². The SMILES string of the molecule is CCCC(C)(O)CNCCN1CCNC1=O. The van der Waals surface area contributed by atoms with Gasteiger partial charge in [-0.15, -0.1) is 0 Å². The van der Waals surface area contributed by atoms with E-state index in [9.17, 15) is 9.90 Å². The van der Waals surface area contributed by atoms with Crippen LogP contribution in [0, 0.1) is 0 Å². The molecular formula is C11H23N3O2. The van der Waals surface area contributed by atoms with Crippen molar-refractivity contribution in [2.45, 2.75) is 32.3 Å². The molecule has 0 aromatic heterocycles. The molecule has 1 rings (SSSR count). The van der Waals surface area contributed by atoms with Gasteiger partial charge in [-0.25, -0.2) is 4.79 Å². The van der Waals surface area contributed by atoms with Crippen molar-refractivity contribution in [2.75, 3.05) is 32.7 Å². The Balaban J connectivity index is 2.09. The first kappa shape index (κ1) is 13.3. The van der Waals surface area contributed by atoms with Gasteiger partial charge in [0.2, 0.25) is 0 Å². The van der Waals surface area contributed by atoms with Crippen LogP contribution >= 0.6 is 0 Å². The minimum absolute atomic E-state index is 0.0159. The molecule has 5 heteroatoms. The molecule has 1 fully saturated rings. The smallest absolute Gasteiger partial charge is 0.317 e. The number of aliphatic hydroxyl groups is 1. The molecule has 1 aliphatic rings. The zero-order valence-corrected chi connectivity index (χ0v) is 10.3. The lowest BCUT2D eigenvalue weighted by atomic mass is 10.0. The summed E-state index contributed by atoms with van der Waals surface area (Å²) >= 11 is 0. The van der Waals surface area contributed by atoms with Gasteiger partial charge in [-0.2, -0.15) is 0 Å². The number of rotatable bonds is 7. The van der Waals surface area contributed by atoms with Gasteiger partial charge in [0.1, 0.15) is 0 Å². The highest BCUT2D eigenvalue weighted by molar-refractivity contribution is 5.76. The molecule has 94 valence electrons. The fourth-order valence-corrected chi connectivity index (χ4v) is 1.92. The second kappa shape index (κ2) is 6.06. The number of urea groups is 1. The summed E-state index contributed by atoms with van der Waals surface area (Å²) in [7, 11) is 0. The Labute approximate surface area is 97.2 Å². The van der Waals surface area contributed by atoms with Gasteiger partial charge < -0.3 is 20.6 Å². The molecule has 16 heavy (non-hydrogen) atoms. The second-order valence-corrected chi connectivity index (χ2v) is 4.64. The lowest BCUT2D eigenvalue weighted by molar-refractivity contribution is 0.0500. The van der Waals surface area contributed by atoms with Crippen molar-refractivity contribution in [3.05, 3.63) is 0 Å². The number of hydrogen-bond donors (Lipinski definition) is 3. The zero-order chi connectivity index (χ0) is 12.0. The first-order valence-corrected chi connectivity index (χ1v) is 6.01. The molecule has 0 aromatic rings. The molecule has 0 aromatic carbocycles. The topological polar surface area (TPSA) is 64.6 Å². The maximum atomic E-state index is 11.2. The van der Waals surface area contributed by atoms with Crippen molar-refractivity contribution in [1.82, 2.24) is 15.5 Å². The molecule has 1 heterocycles. The minimum atomic E-state index is -0.637. The minimum Gasteiger partial charge on any atom is -0.389 e. The molecule has 1 aliphatic heterocycles. The van der Waals surface area contributed by atoms with Crippen molar-refractivity contribution in [2.24, 2.45) is 0 Å². The van der Waals surface area contributed by atoms with E-state index < -0.39 is 5.60 Å². The number of nitrogens with zero attached hydrogens (tertiary/aromatic N) is 1. The van der Waals surface area contributed by atoms with Gasteiger partial charge in [0.25, 0.3) is 0 Å². The first-order valence-electron chi connectivity index (χ1n) is 6.01. The molecule has 1 unspecified atom stereocenters. The third kappa shape index (κ3) is 4.37. The fraction of sp³-hybridized carbons (Fsp3) is 0.909. The number of hydrogen-bond acceptors (Lipinski definition) is 3. The summed E-state index contributed by atoms with van der Waals surface area (Å²) in [6, 6.07) is 0.0159. The predicted octanol–water partition coefficient (Wildman–Crippen LogP) is 0.152. The molecule has 1 atom stereocenters. The van der Waals surface area contributed by atoms with Crippen LogP contribution in [0.4, 0.5) is 4.79 Å². The Morgan fingerprint density at radius 1 is 1.62 bits per heavy atom. The average molecular weight is 229 g/mol. The number of carbonyl (C=O) groups excluding carboxylic acids is 1. The van der Waals surface area contributed by atoms with Gasteiger partial charge in [-0.1, -0.05) is 13.3 Å². The maximum Gasteiger partial charge on any atom is 0.317 e. The molecule has 5 nitrogen and oxygen atoms in total. The van der Waals surface area contributed by atoms with E-state index in [-0.39, 0.29) is 6.03 Å². The van der Waals surface area contributed by atoms with E-state index in [0.29, 0.717) is 13.1 Å². The molecular weight excluding hydrogens is 206 g/mol. The summed E-state index contributed by atoms with van der Waals surface area (Å²) in [6.07, 6.45) is 1.77. The van der Waals surface area contributed by atoms with Gasteiger partial charge in [-0.05, 0) is 13.3 Å². The molecule has 1 saturated heterocycles. The van der Waals surface area contributed by atoms with Gasteiger partial charge >= 0.3 is 6.03 Å². The van der Waals surface area contributed by atoms with Gasteiger partial charge in [0.15, 0.2) is 0 Å². The zero-order valence-electron chi connectivity index (χ0n) is 10.3. The maximum absolute atomic E-state index is 11.2. The third-order valence-corrected chi connectivity index (χ3v) is 2.80. The lowest BCUT2D eigenvalue weighted by Crippen LogP contribution is -2.41. The van der Waals surface area contributed by atoms with Crippen molar-refractivity contribution in [1.29, 1.82) is 0 Å². The Hall–Kier alpha value is -0.810. The summed E-state index contributed by atoms with van der Waals surface area (Å²) in [5.74, 6) is 0. The van der Waals surface area contributed by atoms with Crippen LogP contribution in [0.3, 0.4) is 0 Å². The Kier molecular flexibility index (Phi) is 5.02. The van der Waals surface area contributed by atoms with Crippen molar-refractivity contribution >= 4 is 6.03 Å². The highest BCUT2D eigenvalue weighted by Gasteiger charge is 2.20. The van der Waals surface area contributed by atoms with Crippen LogP contribution in [-0.2, 0) is 0 Å². The van der Waals surface area contributed by atoms with Crippen LogP contribution in [0.25, 0.3) is 0 Å². The standard InChI is InChI=1S/C11H23N3O2/c1-3-4-11(2,16)9-12-5-7-14-8-6-13-10(14)15/h12,16H,3-9H2,1-2H3,(H,13,15). The molecule has 2 amide bonds. The fourth-order valence-electron chi connectivity index (χ4n) is 1.92. The van der Waals surface area contributed by atoms with E-state index in [0.717, 1.165) is 32.5 Å². The largest absolute Gasteiger partial charge is 0.389 e. The van der Waals surface area contributed by atoms with Crippen molar-refractivity contribution in [3.8, 4) is 0 Å². The first-order chi connectivity index (χ1) is 7.55. The Morgan fingerprint density at radius 2 is 2.38 bits per heavy atom. The normalized spacial score (nSPS) is 19.7. The van der Waals surface area contributed by atoms with Crippen LogP contribution < -0.4 is 10.6 Å². The van der Waals surface area contributed by atoms with Crippen LogP contribution in [0.15, 0.2) is 0 Å². The number of amides is 2. The Morgan fingerprint density at radius 3 is 2.94 bits per heavy atom. The molecule has 0 bridgehead atoms. The van der Waals surface area contributed by atoms with E-state index in [2.05, 4.69) is 17.6 Å². The highest BCUT2D eigenvalue weighted by atomic mass is 16.3. The number of nitrogens with one attached hydrogen (secondary N) is 2. The second-order valence-electron chi connectivity index (χ2n) is 4.64. The monoisotopic (exact) mass is 229 g/mol. The summed E-state index contributed by atoms with van der Waals surface area (Å²) in [5.41, 5.74) is -0.637. The summed E-state index contributed by atoms with van der Waals surface area (Å²) in [5, 5.41) is 15.8. The van der Waals surface area contributed by atoms with Crippen LogP contribution in [0.2, 0.25) is 0 Å². The Bertz CT molecular complexity index is 231. The molecule has 0 aliphatic carbocycles. The summed E-state index contributed by atoms with van der Waals surface area (Å²) in [4.78, 5) is 13.0. The van der Waals surface area contributed by atoms with Crippen LogP contribution in [0.5, 0.6) is 0 Å².